The summed E-state index contributed by atoms with van der Waals surface area (Å²) in [5.41, 5.74) is 1.70. The predicted molar refractivity (Wildman–Crippen MR) is 73.5 cm³/mol. The van der Waals surface area contributed by atoms with Crippen LogP contribution in [0.5, 0.6) is 0 Å². The molecule has 0 unspecified atom stereocenters. The Balaban J connectivity index is 2.33. The minimum absolute atomic E-state index is 0.108. The molecule has 0 aliphatic carbocycles. The first-order valence-electron chi connectivity index (χ1n) is 6.55. The second kappa shape index (κ2) is 4.68. The van der Waals surface area contributed by atoms with Crippen molar-refractivity contribution in [1.82, 2.24) is 0 Å². The molecular weight excluding hydrogens is 242 g/mol. The van der Waals surface area contributed by atoms with Crippen LogP contribution in [-0.4, -0.2) is 23.5 Å². The van der Waals surface area contributed by atoms with Crippen molar-refractivity contribution in [3.63, 3.8) is 0 Å². The highest BCUT2D eigenvalue weighted by Crippen LogP contribution is 2.33. The van der Waals surface area contributed by atoms with E-state index in [9.17, 15) is 9.59 Å². The summed E-state index contributed by atoms with van der Waals surface area (Å²) in [6.07, 6.45) is 1.51. The van der Waals surface area contributed by atoms with Gasteiger partial charge in [0.2, 0.25) is 5.91 Å². The third-order valence-corrected chi connectivity index (χ3v) is 3.93. The second-order valence-electron chi connectivity index (χ2n) is 5.59. The van der Waals surface area contributed by atoms with Crippen molar-refractivity contribution in [1.29, 1.82) is 0 Å². The van der Waals surface area contributed by atoms with Gasteiger partial charge in [-0.25, -0.2) is 4.79 Å². The molecule has 1 aromatic rings. The van der Waals surface area contributed by atoms with E-state index in [-0.39, 0.29) is 16.9 Å². The number of hydrogen-bond acceptors (Lipinski definition) is 2. The lowest BCUT2D eigenvalue weighted by Gasteiger charge is -2.28. The standard InChI is InChI=1S/C15H19NO3/c1-4-15(2,3)14(19)16-8-7-10-9-11(13(17)18)5-6-12(10)16/h5-6,9H,4,7-8H2,1-3H3,(H,17,18). The molecule has 0 fully saturated rings. The molecule has 0 saturated heterocycles. The number of carboxylic acid groups (broad SMARTS) is 1. The molecule has 4 heteroatoms. The highest BCUT2D eigenvalue weighted by molar-refractivity contribution is 5.99. The van der Waals surface area contributed by atoms with Gasteiger partial charge in [0.05, 0.1) is 5.56 Å². The van der Waals surface area contributed by atoms with Gasteiger partial charge >= 0.3 is 5.97 Å². The number of fused-ring (bicyclic) bond motifs is 1. The normalized spacial score (nSPS) is 14.4. The van der Waals surface area contributed by atoms with E-state index in [1.165, 1.54) is 0 Å². The molecule has 1 heterocycles. The zero-order chi connectivity index (χ0) is 14.2. The average molecular weight is 261 g/mol. The maximum absolute atomic E-state index is 12.5. The third-order valence-electron chi connectivity index (χ3n) is 3.93. The fraction of sp³-hybridized carbons (Fsp3) is 0.467. The summed E-state index contributed by atoms with van der Waals surface area (Å²) in [7, 11) is 0. The van der Waals surface area contributed by atoms with E-state index in [4.69, 9.17) is 5.11 Å². The number of rotatable bonds is 3. The summed E-state index contributed by atoms with van der Waals surface area (Å²) in [6, 6.07) is 4.98. The van der Waals surface area contributed by atoms with E-state index in [1.807, 2.05) is 20.8 Å². The van der Waals surface area contributed by atoms with Crippen molar-refractivity contribution in [2.45, 2.75) is 33.6 Å². The highest BCUT2D eigenvalue weighted by atomic mass is 16.4. The number of hydrogen-bond donors (Lipinski definition) is 1. The quantitative estimate of drug-likeness (QED) is 0.910. The van der Waals surface area contributed by atoms with Crippen molar-refractivity contribution in [3.8, 4) is 0 Å². The molecule has 2 rings (SSSR count). The molecule has 0 aromatic heterocycles. The number of anilines is 1. The van der Waals surface area contributed by atoms with E-state index in [2.05, 4.69) is 0 Å². The first kappa shape index (κ1) is 13.6. The Morgan fingerprint density at radius 1 is 1.37 bits per heavy atom. The maximum Gasteiger partial charge on any atom is 0.335 e. The van der Waals surface area contributed by atoms with E-state index in [0.29, 0.717) is 6.54 Å². The van der Waals surface area contributed by atoms with Crippen LogP contribution in [0.3, 0.4) is 0 Å². The largest absolute Gasteiger partial charge is 0.478 e. The van der Waals surface area contributed by atoms with Gasteiger partial charge in [0.1, 0.15) is 0 Å². The SMILES string of the molecule is CCC(C)(C)C(=O)N1CCc2cc(C(=O)O)ccc21. The molecular formula is C15H19NO3. The zero-order valence-electron chi connectivity index (χ0n) is 11.6. The van der Waals surface area contributed by atoms with Gasteiger partial charge in [0, 0.05) is 17.6 Å². The molecule has 19 heavy (non-hydrogen) atoms. The lowest BCUT2D eigenvalue weighted by molar-refractivity contribution is -0.126. The van der Waals surface area contributed by atoms with E-state index < -0.39 is 5.97 Å². The summed E-state index contributed by atoms with van der Waals surface area (Å²) in [5.74, 6) is -0.821. The van der Waals surface area contributed by atoms with Crippen molar-refractivity contribution < 1.29 is 14.7 Å². The molecule has 102 valence electrons. The van der Waals surface area contributed by atoms with Crippen LogP contribution in [0.1, 0.15) is 43.1 Å². The summed E-state index contributed by atoms with van der Waals surface area (Å²) in [5, 5.41) is 8.98. The highest BCUT2D eigenvalue weighted by Gasteiger charge is 2.34. The molecule has 1 aliphatic heterocycles. The number of benzene rings is 1. The molecule has 4 nitrogen and oxygen atoms in total. The zero-order valence-corrected chi connectivity index (χ0v) is 11.6. The number of amides is 1. The van der Waals surface area contributed by atoms with Crippen LogP contribution in [0.15, 0.2) is 18.2 Å². The van der Waals surface area contributed by atoms with Crippen molar-refractivity contribution in [3.05, 3.63) is 29.3 Å². The molecule has 1 aromatic carbocycles. The molecule has 0 saturated carbocycles. The van der Waals surface area contributed by atoms with Gasteiger partial charge in [-0.3, -0.25) is 4.79 Å². The lowest BCUT2D eigenvalue weighted by atomic mass is 9.88. The smallest absolute Gasteiger partial charge is 0.335 e. The molecule has 1 aliphatic rings. The first-order valence-corrected chi connectivity index (χ1v) is 6.55. The van der Waals surface area contributed by atoms with Gasteiger partial charge in [-0.05, 0) is 36.6 Å². The van der Waals surface area contributed by atoms with Crippen LogP contribution in [0, 0.1) is 5.41 Å². The minimum atomic E-state index is -0.929. The summed E-state index contributed by atoms with van der Waals surface area (Å²) in [4.78, 5) is 25.2. The Labute approximate surface area is 113 Å². The topological polar surface area (TPSA) is 57.6 Å². The fourth-order valence-electron chi connectivity index (χ4n) is 2.26. The summed E-state index contributed by atoms with van der Waals surface area (Å²) >= 11 is 0. The Bertz CT molecular complexity index is 534. The van der Waals surface area contributed by atoms with E-state index in [0.717, 1.165) is 24.1 Å². The molecule has 0 radical (unpaired) electrons. The van der Waals surface area contributed by atoms with Gasteiger partial charge in [-0.15, -0.1) is 0 Å². The number of aromatic carboxylic acids is 1. The van der Waals surface area contributed by atoms with Crippen LogP contribution in [0.4, 0.5) is 5.69 Å². The van der Waals surface area contributed by atoms with Crippen LogP contribution in [0.2, 0.25) is 0 Å². The predicted octanol–water partition coefficient (Wildman–Crippen LogP) is 2.71. The summed E-state index contributed by atoms with van der Waals surface area (Å²) < 4.78 is 0. The molecule has 1 N–H and O–H groups in total. The number of carbonyl (C=O) groups excluding carboxylic acids is 1. The van der Waals surface area contributed by atoms with Crippen molar-refractivity contribution in [2.75, 3.05) is 11.4 Å². The number of nitrogens with zero attached hydrogens (tertiary/aromatic N) is 1. The molecule has 1 amide bonds. The van der Waals surface area contributed by atoms with Gasteiger partial charge in [-0.1, -0.05) is 20.8 Å². The van der Waals surface area contributed by atoms with Crippen LogP contribution in [-0.2, 0) is 11.2 Å². The monoisotopic (exact) mass is 261 g/mol. The Hall–Kier alpha value is -1.84. The Kier molecular flexibility index (Phi) is 3.35. The van der Waals surface area contributed by atoms with Gasteiger partial charge in [0.25, 0.3) is 0 Å². The van der Waals surface area contributed by atoms with Crippen LogP contribution >= 0.6 is 0 Å². The summed E-state index contributed by atoms with van der Waals surface area (Å²) in [6.45, 7) is 6.53. The van der Waals surface area contributed by atoms with E-state index in [1.54, 1.807) is 23.1 Å². The third kappa shape index (κ3) is 2.35. The number of carbonyl (C=O) groups is 2. The molecule has 0 bridgehead atoms. The Morgan fingerprint density at radius 3 is 2.63 bits per heavy atom. The van der Waals surface area contributed by atoms with Crippen LogP contribution in [0.25, 0.3) is 0 Å². The maximum atomic E-state index is 12.5. The second-order valence-corrected chi connectivity index (χ2v) is 5.59. The molecule has 0 spiro atoms. The minimum Gasteiger partial charge on any atom is -0.478 e. The lowest BCUT2D eigenvalue weighted by Crippen LogP contribution is -2.39. The average Bonchev–Trinajstić information content (AvgIpc) is 2.80. The number of carboxylic acids is 1. The van der Waals surface area contributed by atoms with Crippen molar-refractivity contribution >= 4 is 17.6 Å². The van der Waals surface area contributed by atoms with E-state index >= 15 is 0 Å². The van der Waals surface area contributed by atoms with Crippen LogP contribution < -0.4 is 4.90 Å². The van der Waals surface area contributed by atoms with Gasteiger partial charge < -0.3 is 10.0 Å². The van der Waals surface area contributed by atoms with Gasteiger partial charge in [-0.2, -0.15) is 0 Å². The van der Waals surface area contributed by atoms with Crippen molar-refractivity contribution in [2.24, 2.45) is 5.41 Å². The Morgan fingerprint density at radius 2 is 2.05 bits per heavy atom. The van der Waals surface area contributed by atoms with Gasteiger partial charge in [0.15, 0.2) is 0 Å². The fourth-order valence-corrected chi connectivity index (χ4v) is 2.26. The molecule has 0 atom stereocenters. The first-order chi connectivity index (χ1) is 8.86.